The van der Waals surface area contributed by atoms with Gasteiger partial charge in [-0.2, -0.15) is 0 Å². The molecule has 0 aromatic carbocycles. The Morgan fingerprint density at radius 2 is 1.87 bits per heavy atom. The molecule has 1 N–H and O–H groups in total. The van der Waals surface area contributed by atoms with Crippen molar-refractivity contribution in [2.24, 2.45) is 11.8 Å². The van der Waals surface area contributed by atoms with Gasteiger partial charge in [0, 0.05) is 38.4 Å². The summed E-state index contributed by atoms with van der Waals surface area (Å²) in [7, 11) is 0. The Kier molecular flexibility index (Phi) is 3.67. The molecule has 2 saturated carbocycles. The number of nitrogens with one attached hydrogen (secondary N) is 1. The van der Waals surface area contributed by atoms with Gasteiger partial charge in [0.1, 0.15) is 5.82 Å². The zero-order chi connectivity index (χ0) is 15.8. The molecule has 1 aliphatic heterocycles. The van der Waals surface area contributed by atoms with Crippen molar-refractivity contribution in [2.45, 2.75) is 25.3 Å². The molecule has 0 radical (unpaired) electrons. The van der Waals surface area contributed by atoms with E-state index in [4.69, 9.17) is 0 Å². The van der Waals surface area contributed by atoms with E-state index in [0.717, 1.165) is 38.2 Å². The first-order valence-electron chi connectivity index (χ1n) is 8.47. The van der Waals surface area contributed by atoms with Gasteiger partial charge in [0.25, 0.3) is 0 Å². The molecular weight excluding hydrogens is 292 g/mol. The first-order chi connectivity index (χ1) is 11.2. The van der Waals surface area contributed by atoms with Gasteiger partial charge in [0.2, 0.25) is 11.8 Å². The lowest BCUT2D eigenvalue weighted by Crippen LogP contribution is -2.49. The van der Waals surface area contributed by atoms with Crippen molar-refractivity contribution in [3.63, 3.8) is 0 Å². The maximum Gasteiger partial charge on any atom is 0.226 e. The summed E-state index contributed by atoms with van der Waals surface area (Å²) in [5.41, 5.74) is 0. The summed E-state index contributed by atoms with van der Waals surface area (Å²) in [5.74, 6) is 1.03. The highest BCUT2D eigenvalue weighted by Gasteiger charge is 2.50. The lowest BCUT2D eigenvalue weighted by atomic mass is 10.2. The quantitative estimate of drug-likeness (QED) is 0.886. The number of rotatable bonds is 4. The highest BCUT2D eigenvalue weighted by atomic mass is 16.2. The Labute approximate surface area is 135 Å². The second kappa shape index (κ2) is 5.83. The van der Waals surface area contributed by atoms with E-state index in [-0.39, 0.29) is 23.7 Å². The van der Waals surface area contributed by atoms with Gasteiger partial charge in [-0.25, -0.2) is 4.98 Å². The topological polar surface area (TPSA) is 65.5 Å². The van der Waals surface area contributed by atoms with Crippen LogP contribution in [0.2, 0.25) is 0 Å². The van der Waals surface area contributed by atoms with Gasteiger partial charge < -0.3 is 15.1 Å². The molecule has 2 heterocycles. The normalized spacial score (nSPS) is 26.8. The molecule has 3 fully saturated rings. The van der Waals surface area contributed by atoms with Gasteiger partial charge in [-0.3, -0.25) is 9.59 Å². The van der Waals surface area contributed by atoms with Crippen molar-refractivity contribution < 1.29 is 9.59 Å². The molecule has 0 spiro atoms. The molecule has 2 unspecified atom stereocenters. The fourth-order valence-electron chi connectivity index (χ4n) is 3.22. The van der Waals surface area contributed by atoms with Gasteiger partial charge in [-0.15, -0.1) is 0 Å². The van der Waals surface area contributed by atoms with Crippen LogP contribution in [0.5, 0.6) is 0 Å². The predicted molar refractivity (Wildman–Crippen MR) is 85.8 cm³/mol. The number of anilines is 1. The molecule has 0 bridgehead atoms. The summed E-state index contributed by atoms with van der Waals surface area (Å²) in [6.45, 7) is 3.02. The van der Waals surface area contributed by atoms with Gasteiger partial charge >= 0.3 is 0 Å². The summed E-state index contributed by atoms with van der Waals surface area (Å²) in [5, 5.41) is 3.01. The Hall–Kier alpha value is -2.11. The number of amides is 2. The van der Waals surface area contributed by atoms with Crippen LogP contribution in [-0.2, 0) is 9.59 Å². The molecular formula is C17H22N4O2. The summed E-state index contributed by atoms with van der Waals surface area (Å²) in [6, 6.07) is 6.26. The molecule has 1 aromatic rings. The van der Waals surface area contributed by atoms with Crippen LogP contribution in [0.15, 0.2) is 24.4 Å². The smallest absolute Gasteiger partial charge is 0.226 e. The SMILES string of the molecule is O=C(NC1CC1)C1CC1C(=O)N1CCN(c2ccccn2)CC1. The summed E-state index contributed by atoms with van der Waals surface area (Å²) >= 11 is 0. The summed E-state index contributed by atoms with van der Waals surface area (Å²) in [4.78, 5) is 33.0. The fourth-order valence-corrected chi connectivity index (χ4v) is 3.22. The van der Waals surface area contributed by atoms with E-state index in [9.17, 15) is 9.59 Å². The molecule has 1 aromatic heterocycles. The number of hydrogen-bond acceptors (Lipinski definition) is 4. The van der Waals surface area contributed by atoms with Crippen LogP contribution >= 0.6 is 0 Å². The van der Waals surface area contributed by atoms with Crippen LogP contribution < -0.4 is 10.2 Å². The highest BCUT2D eigenvalue weighted by Crippen LogP contribution is 2.41. The minimum atomic E-state index is -0.0878. The average molecular weight is 314 g/mol. The molecule has 6 nitrogen and oxygen atoms in total. The van der Waals surface area contributed by atoms with Gasteiger partial charge in [-0.05, 0) is 31.4 Å². The zero-order valence-corrected chi connectivity index (χ0v) is 13.1. The third kappa shape index (κ3) is 3.16. The number of carbonyl (C=O) groups is 2. The standard InChI is InChI=1S/C17H22N4O2/c22-16(19-12-4-5-12)13-11-14(13)17(23)21-9-7-20(8-10-21)15-3-1-2-6-18-15/h1-3,6,12-14H,4-5,7-11H2,(H,19,22). The molecule has 6 heteroatoms. The van der Waals surface area contributed by atoms with Crippen LogP contribution in [0.1, 0.15) is 19.3 Å². The molecule has 4 rings (SSSR count). The van der Waals surface area contributed by atoms with E-state index in [1.165, 1.54) is 0 Å². The van der Waals surface area contributed by atoms with Crippen LogP contribution in [0.4, 0.5) is 5.82 Å². The maximum atomic E-state index is 12.5. The second-order valence-electron chi connectivity index (χ2n) is 6.73. The number of aromatic nitrogens is 1. The van der Waals surface area contributed by atoms with Crippen LogP contribution in [0.25, 0.3) is 0 Å². The Bertz CT molecular complexity index is 594. The van der Waals surface area contributed by atoms with Crippen LogP contribution in [0.3, 0.4) is 0 Å². The van der Waals surface area contributed by atoms with Gasteiger partial charge in [-0.1, -0.05) is 6.07 Å². The summed E-state index contributed by atoms with van der Waals surface area (Å²) < 4.78 is 0. The highest BCUT2D eigenvalue weighted by molar-refractivity contribution is 5.92. The van der Waals surface area contributed by atoms with E-state index in [0.29, 0.717) is 19.1 Å². The molecule has 2 amide bonds. The maximum absolute atomic E-state index is 12.5. The largest absolute Gasteiger partial charge is 0.353 e. The van der Waals surface area contributed by atoms with E-state index >= 15 is 0 Å². The minimum Gasteiger partial charge on any atom is -0.353 e. The number of pyridine rings is 1. The van der Waals surface area contributed by atoms with E-state index < -0.39 is 0 Å². The molecule has 3 aliphatic rings. The molecule has 2 atom stereocenters. The molecule has 2 aliphatic carbocycles. The first-order valence-corrected chi connectivity index (χ1v) is 8.47. The van der Waals surface area contributed by atoms with Crippen molar-refractivity contribution >= 4 is 17.6 Å². The Morgan fingerprint density at radius 1 is 1.09 bits per heavy atom. The zero-order valence-electron chi connectivity index (χ0n) is 13.1. The minimum absolute atomic E-state index is 0.0815. The van der Waals surface area contributed by atoms with E-state index in [1.807, 2.05) is 23.1 Å². The van der Waals surface area contributed by atoms with E-state index in [1.54, 1.807) is 6.20 Å². The van der Waals surface area contributed by atoms with Crippen molar-refractivity contribution in [1.82, 2.24) is 15.2 Å². The molecule has 1 saturated heterocycles. The second-order valence-corrected chi connectivity index (χ2v) is 6.73. The van der Waals surface area contributed by atoms with Gasteiger partial charge in [0.05, 0.1) is 11.8 Å². The summed E-state index contributed by atoms with van der Waals surface area (Å²) in [6.07, 6.45) is 4.69. The fraction of sp³-hybridized carbons (Fsp3) is 0.588. The number of nitrogens with zero attached hydrogens (tertiary/aromatic N) is 3. The monoisotopic (exact) mass is 314 g/mol. The van der Waals surface area contributed by atoms with Crippen molar-refractivity contribution in [1.29, 1.82) is 0 Å². The molecule has 23 heavy (non-hydrogen) atoms. The lowest BCUT2D eigenvalue weighted by Gasteiger charge is -2.35. The first kappa shape index (κ1) is 14.5. The average Bonchev–Trinajstić information content (AvgIpc) is 3.49. The number of piperazine rings is 1. The van der Waals surface area contributed by atoms with Crippen LogP contribution in [0, 0.1) is 11.8 Å². The van der Waals surface area contributed by atoms with Crippen LogP contribution in [-0.4, -0.2) is 53.9 Å². The number of carbonyl (C=O) groups excluding carboxylic acids is 2. The molecule has 122 valence electrons. The van der Waals surface area contributed by atoms with Crippen molar-refractivity contribution in [3.05, 3.63) is 24.4 Å². The van der Waals surface area contributed by atoms with E-state index in [2.05, 4.69) is 15.2 Å². The lowest BCUT2D eigenvalue weighted by molar-refractivity contribution is -0.135. The Balaban J connectivity index is 1.27. The van der Waals surface area contributed by atoms with Crippen molar-refractivity contribution in [3.8, 4) is 0 Å². The predicted octanol–water partition coefficient (Wildman–Crippen LogP) is 0.645. The Morgan fingerprint density at radius 3 is 2.52 bits per heavy atom. The van der Waals surface area contributed by atoms with Gasteiger partial charge in [0.15, 0.2) is 0 Å². The number of hydrogen-bond donors (Lipinski definition) is 1. The van der Waals surface area contributed by atoms with Crippen molar-refractivity contribution in [2.75, 3.05) is 31.1 Å². The third-order valence-corrected chi connectivity index (χ3v) is 4.93. The third-order valence-electron chi connectivity index (χ3n) is 4.93.